The summed E-state index contributed by atoms with van der Waals surface area (Å²) in [5.74, 6) is -1.84. The average Bonchev–Trinajstić information content (AvgIpc) is 2.16. The van der Waals surface area contributed by atoms with Crippen LogP contribution >= 0.6 is 0 Å². The molecule has 5 nitrogen and oxygen atoms in total. The Labute approximate surface area is 87.5 Å². The summed E-state index contributed by atoms with van der Waals surface area (Å²) >= 11 is 0. The summed E-state index contributed by atoms with van der Waals surface area (Å²) in [6.07, 6.45) is 0.888. The third-order valence-electron chi connectivity index (χ3n) is 1.57. The van der Waals surface area contributed by atoms with Gasteiger partial charge in [0.25, 0.3) is 9.84 Å². The summed E-state index contributed by atoms with van der Waals surface area (Å²) in [4.78, 5) is 12.2. The second kappa shape index (κ2) is 3.74. The molecule has 0 radical (unpaired) electrons. The largest absolute Gasteiger partial charge is 0.501 e. The molecule has 0 unspecified atom stereocenters. The molecule has 0 saturated carbocycles. The number of carboxylic acid groups (broad SMARTS) is 1. The second-order valence-corrected chi connectivity index (χ2v) is 4.51. The molecule has 0 spiro atoms. The molecule has 0 bridgehead atoms. The third-order valence-corrected chi connectivity index (χ3v) is 3.09. The Bertz CT molecular complexity index is 523. The number of aromatic carboxylic acids is 1. The van der Waals surface area contributed by atoms with Crippen molar-refractivity contribution in [2.45, 2.75) is 10.4 Å². The first-order chi connectivity index (χ1) is 7.18. The molecule has 0 aliphatic heterocycles. The van der Waals surface area contributed by atoms with Gasteiger partial charge in [-0.1, -0.05) is 0 Å². The number of aromatic nitrogens is 1. The van der Waals surface area contributed by atoms with Crippen LogP contribution in [0.1, 0.15) is 10.5 Å². The van der Waals surface area contributed by atoms with Crippen LogP contribution < -0.4 is 0 Å². The Balaban J connectivity index is 3.52. The molecule has 88 valence electrons. The van der Waals surface area contributed by atoms with E-state index in [4.69, 9.17) is 5.11 Å². The van der Waals surface area contributed by atoms with Crippen LogP contribution in [0.3, 0.4) is 0 Å². The first kappa shape index (κ1) is 12.4. The summed E-state index contributed by atoms with van der Waals surface area (Å²) in [6.45, 7) is 0. The van der Waals surface area contributed by atoms with Gasteiger partial charge in [0.15, 0.2) is 5.69 Å². The van der Waals surface area contributed by atoms with Crippen LogP contribution in [0.15, 0.2) is 23.2 Å². The Morgan fingerprint density at radius 1 is 1.38 bits per heavy atom. The van der Waals surface area contributed by atoms with Crippen molar-refractivity contribution < 1.29 is 31.5 Å². The van der Waals surface area contributed by atoms with Crippen molar-refractivity contribution in [1.82, 2.24) is 4.98 Å². The normalized spacial score (nSPS) is 12.4. The molecule has 1 N–H and O–H groups in total. The Morgan fingerprint density at radius 3 is 2.38 bits per heavy atom. The van der Waals surface area contributed by atoms with E-state index in [1.165, 1.54) is 0 Å². The Kier molecular flexibility index (Phi) is 2.91. The van der Waals surface area contributed by atoms with Gasteiger partial charge in [-0.05, 0) is 12.1 Å². The van der Waals surface area contributed by atoms with Crippen molar-refractivity contribution in [3.8, 4) is 0 Å². The smallest absolute Gasteiger partial charge is 0.476 e. The van der Waals surface area contributed by atoms with Crippen LogP contribution in [-0.4, -0.2) is 30.0 Å². The molecular weight excluding hydrogens is 251 g/mol. The van der Waals surface area contributed by atoms with Crippen LogP contribution in [0.2, 0.25) is 0 Å². The van der Waals surface area contributed by atoms with E-state index in [0.29, 0.717) is 6.07 Å². The molecule has 1 aromatic rings. The summed E-state index contributed by atoms with van der Waals surface area (Å²) in [7, 11) is -5.70. The van der Waals surface area contributed by atoms with Crippen molar-refractivity contribution in [2.24, 2.45) is 0 Å². The SMILES string of the molecule is O=C(O)c1ncccc1S(=O)(=O)C(F)(F)F. The molecule has 9 heteroatoms. The fourth-order valence-electron chi connectivity index (χ4n) is 0.893. The van der Waals surface area contributed by atoms with E-state index in [1.54, 1.807) is 0 Å². The lowest BCUT2D eigenvalue weighted by atomic mass is 10.3. The van der Waals surface area contributed by atoms with Gasteiger partial charge in [-0.3, -0.25) is 0 Å². The minimum absolute atomic E-state index is 0.541. The minimum atomic E-state index is -5.70. The molecule has 0 aliphatic rings. The lowest BCUT2D eigenvalue weighted by Gasteiger charge is -2.09. The molecule has 0 aliphatic carbocycles. The zero-order chi connectivity index (χ0) is 12.6. The zero-order valence-electron chi connectivity index (χ0n) is 7.39. The molecule has 0 saturated heterocycles. The minimum Gasteiger partial charge on any atom is -0.476 e. The first-order valence-electron chi connectivity index (χ1n) is 3.67. The van der Waals surface area contributed by atoms with Gasteiger partial charge in [-0.25, -0.2) is 18.2 Å². The molecule has 0 aromatic carbocycles. The van der Waals surface area contributed by atoms with E-state index in [1.807, 2.05) is 0 Å². The van der Waals surface area contributed by atoms with Gasteiger partial charge in [0.05, 0.1) is 0 Å². The highest BCUT2D eigenvalue weighted by Gasteiger charge is 2.48. The van der Waals surface area contributed by atoms with Crippen molar-refractivity contribution >= 4 is 15.8 Å². The first-order valence-corrected chi connectivity index (χ1v) is 5.16. The molecule has 1 rings (SSSR count). The number of halogens is 3. The molecule has 1 aromatic heterocycles. The standard InChI is InChI=1S/C7H4F3NO4S/c8-7(9,10)16(14,15)4-2-1-3-11-5(4)6(12)13/h1-3H,(H,12,13). The highest BCUT2D eigenvalue weighted by molar-refractivity contribution is 7.92. The summed E-state index contributed by atoms with van der Waals surface area (Å²) in [5, 5.41) is 8.50. The Morgan fingerprint density at radius 2 is 1.94 bits per heavy atom. The van der Waals surface area contributed by atoms with E-state index in [9.17, 15) is 26.4 Å². The van der Waals surface area contributed by atoms with Crippen molar-refractivity contribution in [2.75, 3.05) is 0 Å². The van der Waals surface area contributed by atoms with E-state index < -0.39 is 31.9 Å². The van der Waals surface area contributed by atoms with Crippen molar-refractivity contribution in [3.05, 3.63) is 24.0 Å². The number of sulfone groups is 1. The Hall–Kier alpha value is -1.64. The molecule has 16 heavy (non-hydrogen) atoms. The van der Waals surface area contributed by atoms with E-state index in [-0.39, 0.29) is 0 Å². The number of alkyl halides is 3. The lowest BCUT2D eigenvalue weighted by Crippen LogP contribution is -2.25. The van der Waals surface area contributed by atoms with Crippen molar-refractivity contribution in [1.29, 1.82) is 0 Å². The third kappa shape index (κ3) is 1.98. The van der Waals surface area contributed by atoms with Gasteiger partial charge >= 0.3 is 11.5 Å². The maximum Gasteiger partial charge on any atom is 0.501 e. The van der Waals surface area contributed by atoms with E-state index >= 15 is 0 Å². The van der Waals surface area contributed by atoms with Crippen LogP contribution in [0, 0.1) is 0 Å². The number of hydrogen-bond acceptors (Lipinski definition) is 4. The number of rotatable bonds is 2. The number of carboxylic acids is 1. The fourth-order valence-corrected chi connectivity index (χ4v) is 1.79. The predicted molar refractivity (Wildman–Crippen MR) is 44.4 cm³/mol. The van der Waals surface area contributed by atoms with Gasteiger partial charge in [-0.15, -0.1) is 0 Å². The number of nitrogens with zero attached hydrogens (tertiary/aromatic N) is 1. The predicted octanol–water partition coefficient (Wildman–Crippen LogP) is 1.07. The van der Waals surface area contributed by atoms with Crippen LogP contribution in [0.5, 0.6) is 0 Å². The highest BCUT2D eigenvalue weighted by Crippen LogP contribution is 2.31. The lowest BCUT2D eigenvalue weighted by molar-refractivity contribution is -0.0436. The molecule has 0 atom stereocenters. The molecule has 1 heterocycles. The van der Waals surface area contributed by atoms with E-state index in [2.05, 4.69) is 4.98 Å². The van der Waals surface area contributed by atoms with Crippen molar-refractivity contribution in [3.63, 3.8) is 0 Å². The van der Waals surface area contributed by atoms with Gasteiger partial charge in [0, 0.05) is 6.20 Å². The number of carbonyl (C=O) groups is 1. The topological polar surface area (TPSA) is 84.3 Å². The van der Waals surface area contributed by atoms with Crippen LogP contribution in [0.25, 0.3) is 0 Å². The summed E-state index contributed by atoms with van der Waals surface area (Å²) < 4.78 is 58.4. The fraction of sp³-hybridized carbons (Fsp3) is 0.143. The quantitative estimate of drug-likeness (QED) is 0.854. The van der Waals surface area contributed by atoms with Crippen LogP contribution in [-0.2, 0) is 9.84 Å². The summed E-state index contributed by atoms with van der Waals surface area (Å²) in [6, 6.07) is 1.45. The van der Waals surface area contributed by atoms with Gasteiger partial charge < -0.3 is 5.11 Å². The second-order valence-electron chi connectivity index (χ2n) is 2.60. The zero-order valence-corrected chi connectivity index (χ0v) is 8.21. The van der Waals surface area contributed by atoms with Crippen LogP contribution in [0.4, 0.5) is 13.2 Å². The molecular formula is C7H4F3NO4S. The van der Waals surface area contributed by atoms with Gasteiger partial charge in [-0.2, -0.15) is 13.2 Å². The number of hydrogen-bond donors (Lipinski definition) is 1. The molecule has 0 fully saturated rings. The van der Waals surface area contributed by atoms with E-state index in [0.717, 1.165) is 12.3 Å². The highest BCUT2D eigenvalue weighted by atomic mass is 32.2. The van der Waals surface area contributed by atoms with Gasteiger partial charge in [0.2, 0.25) is 0 Å². The number of pyridine rings is 1. The molecule has 0 amide bonds. The summed E-state index contributed by atoms with van der Waals surface area (Å²) in [5.41, 5.74) is -6.71. The van der Waals surface area contributed by atoms with Gasteiger partial charge in [0.1, 0.15) is 4.90 Å². The maximum absolute atomic E-state index is 12.2. The average molecular weight is 255 g/mol. The maximum atomic E-state index is 12.2. The monoisotopic (exact) mass is 255 g/mol.